The Hall–Kier alpha value is -1.55. The average molecular weight is 350 g/mol. The summed E-state index contributed by atoms with van der Waals surface area (Å²) in [6, 6.07) is 7.51. The lowest BCUT2D eigenvalue weighted by atomic mass is 9.83. The van der Waals surface area contributed by atoms with E-state index in [4.69, 9.17) is 22.3 Å². The molecule has 0 fully saturated rings. The fraction of sp³-hybridized carbons (Fsp3) is 0.579. The highest BCUT2D eigenvalue weighted by Gasteiger charge is 2.38. The summed E-state index contributed by atoms with van der Waals surface area (Å²) in [7, 11) is 0. The molecule has 24 heavy (non-hydrogen) atoms. The third-order valence-corrected chi connectivity index (χ3v) is 4.87. The molecule has 1 aliphatic rings. The molecule has 0 unspecified atom stereocenters. The molecule has 5 heteroatoms. The number of benzene rings is 1. The number of hydrogen-bond donors (Lipinski definition) is 1. The summed E-state index contributed by atoms with van der Waals surface area (Å²) in [5.74, 6) is 0.410. The lowest BCUT2D eigenvalue weighted by Gasteiger charge is -2.38. The van der Waals surface area contributed by atoms with Crippen LogP contribution < -0.4 is 5.73 Å². The maximum absolute atomic E-state index is 12.8. The number of unbranched alkanes of at least 4 members (excludes halogenated alkanes) is 2. The summed E-state index contributed by atoms with van der Waals surface area (Å²) in [6.45, 7) is 4.75. The van der Waals surface area contributed by atoms with Gasteiger partial charge in [0.15, 0.2) is 5.96 Å². The zero-order chi connectivity index (χ0) is 17.6. The van der Waals surface area contributed by atoms with Gasteiger partial charge in [-0.1, -0.05) is 63.3 Å². The number of carbonyl (C=O) groups excluding carboxylic acids is 1. The Morgan fingerprint density at radius 3 is 2.46 bits per heavy atom. The van der Waals surface area contributed by atoms with Crippen LogP contribution in [0.4, 0.5) is 0 Å². The third-order valence-electron chi connectivity index (χ3n) is 4.63. The fourth-order valence-electron chi connectivity index (χ4n) is 3.26. The van der Waals surface area contributed by atoms with Crippen LogP contribution in [0.3, 0.4) is 0 Å². The molecule has 1 aromatic carbocycles. The highest BCUT2D eigenvalue weighted by molar-refractivity contribution is 6.30. The molecule has 0 bridgehead atoms. The maximum atomic E-state index is 12.8. The second-order valence-corrected chi connectivity index (χ2v) is 7.12. The van der Waals surface area contributed by atoms with Gasteiger partial charge in [0.2, 0.25) is 5.91 Å². The van der Waals surface area contributed by atoms with Crippen molar-refractivity contribution in [1.82, 2.24) is 4.90 Å². The molecule has 0 spiro atoms. The number of rotatable bonds is 8. The van der Waals surface area contributed by atoms with Gasteiger partial charge < -0.3 is 5.73 Å². The first-order valence-corrected chi connectivity index (χ1v) is 9.27. The van der Waals surface area contributed by atoms with Crippen molar-refractivity contribution in [3.05, 3.63) is 34.9 Å². The molecule has 1 amide bonds. The van der Waals surface area contributed by atoms with Crippen LogP contribution in [0, 0.1) is 0 Å². The Kier molecular flexibility index (Phi) is 6.67. The second kappa shape index (κ2) is 8.52. The largest absolute Gasteiger partial charge is 0.369 e. The van der Waals surface area contributed by atoms with Crippen LogP contribution in [0.5, 0.6) is 0 Å². The van der Waals surface area contributed by atoms with Gasteiger partial charge in [-0.3, -0.25) is 9.69 Å². The standard InChI is InChI=1S/C19H28ClN3O/c1-3-5-10-19(11-6-4-2)13-17(24)23(18(21)22-19)14-15-8-7-9-16(20)12-15/h7-9,12H,3-6,10-11,13-14H2,1-2H3,(H2,21,22). The van der Waals surface area contributed by atoms with Crippen LogP contribution in [-0.2, 0) is 11.3 Å². The van der Waals surface area contributed by atoms with Crippen molar-refractivity contribution >= 4 is 23.5 Å². The molecule has 1 heterocycles. The lowest BCUT2D eigenvalue weighted by molar-refractivity contribution is -0.130. The predicted octanol–water partition coefficient (Wildman–Crippen LogP) is 4.51. The first kappa shape index (κ1) is 18.8. The van der Waals surface area contributed by atoms with E-state index in [9.17, 15) is 4.79 Å². The van der Waals surface area contributed by atoms with Gasteiger partial charge in [0, 0.05) is 5.02 Å². The Morgan fingerprint density at radius 2 is 1.92 bits per heavy atom. The molecule has 1 aromatic rings. The van der Waals surface area contributed by atoms with E-state index in [0.717, 1.165) is 44.1 Å². The molecule has 1 aliphatic heterocycles. The molecule has 0 aromatic heterocycles. The second-order valence-electron chi connectivity index (χ2n) is 6.69. The molecule has 4 nitrogen and oxygen atoms in total. The van der Waals surface area contributed by atoms with Gasteiger partial charge in [-0.2, -0.15) is 0 Å². The maximum Gasteiger partial charge on any atom is 0.232 e. The van der Waals surface area contributed by atoms with E-state index >= 15 is 0 Å². The minimum absolute atomic E-state index is 0.0645. The van der Waals surface area contributed by atoms with Gasteiger partial charge in [0.1, 0.15) is 0 Å². The molecular formula is C19H28ClN3O. The summed E-state index contributed by atoms with van der Waals surface area (Å²) >= 11 is 6.03. The summed E-state index contributed by atoms with van der Waals surface area (Å²) in [6.07, 6.45) is 6.66. The Bertz CT molecular complexity index is 592. The Labute approximate surface area is 150 Å². The van der Waals surface area contributed by atoms with Crippen molar-refractivity contribution in [2.75, 3.05) is 0 Å². The van der Waals surface area contributed by atoms with E-state index in [0.29, 0.717) is 23.9 Å². The van der Waals surface area contributed by atoms with Crippen LogP contribution in [0.2, 0.25) is 5.02 Å². The van der Waals surface area contributed by atoms with E-state index in [1.165, 1.54) is 0 Å². The quantitative estimate of drug-likeness (QED) is 0.750. The molecule has 132 valence electrons. The molecule has 0 atom stereocenters. The zero-order valence-electron chi connectivity index (χ0n) is 14.7. The smallest absolute Gasteiger partial charge is 0.232 e. The van der Waals surface area contributed by atoms with Crippen LogP contribution in [0.25, 0.3) is 0 Å². The van der Waals surface area contributed by atoms with E-state index in [2.05, 4.69) is 13.8 Å². The summed E-state index contributed by atoms with van der Waals surface area (Å²) in [4.78, 5) is 19.2. The first-order valence-electron chi connectivity index (χ1n) is 8.90. The van der Waals surface area contributed by atoms with Crippen LogP contribution in [-0.4, -0.2) is 22.3 Å². The van der Waals surface area contributed by atoms with Crippen molar-refractivity contribution in [3.63, 3.8) is 0 Å². The van der Waals surface area contributed by atoms with E-state index in [1.54, 1.807) is 4.90 Å². The molecule has 2 N–H and O–H groups in total. The van der Waals surface area contributed by atoms with E-state index in [-0.39, 0.29) is 11.4 Å². The molecule has 0 saturated carbocycles. The van der Waals surface area contributed by atoms with E-state index in [1.807, 2.05) is 24.3 Å². The summed E-state index contributed by atoms with van der Waals surface area (Å²) in [5, 5.41) is 0.660. The number of halogens is 1. The predicted molar refractivity (Wildman–Crippen MR) is 100 cm³/mol. The van der Waals surface area contributed by atoms with Crippen molar-refractivity contribution in [2.45, 2.75) is 70.9 Å². The van der Waals surface area contributed by atoms with Crippen LogP contribution in [0.1, 0.15) is 64.4 Å². The highest BCUT2D eigenvalue weighted by atomic mass is 35.5. The van der Waals surface area contributed by atoms with Crippen molar-refractivity contribution in [1.29, 1.82) is 0 Å². The van der Waals surface area contributed by atoms with Gasteiger partial charge >= 0.3 is 0 Å². The Balaban J connectivity index is 2.20. The van der Waals surface area contributed by atoms with Crippen molar-refractivity contribution in [3.8, 4) is 0 Å². The first-order chi connectivity index (χ1) is 11.5. The zero-order valence-corrected chi connectivity index (χ0v) is 15.5. The monoisotopic (exact) mass is 349 g/mol. The number of aliphatic imine (C=N–C) groups is 1. The fourth-order valence-corrected chi connectivity index (χ4v) is 3.47. The van der Waals surface area contributed by atoms with Gasteiger partial charge in [-0.05, 0) is 30.5 Å². The molecule has 2 rings (SSSR count). The molecular weight excluding hydrogens is 322 g/mol. The topological polar surface area (TPSA) is 58.7 Å². The minimum Gasteiger partial charge on any atom is -0.369 e. The number of carbonyl (C=O) groups is 1. The van der Waals surface area contributed by atoms with Crippen molar-refractivity contribution < 1.29 is 4.79 Å². The number of nitrogens with two attached hydrogens (primary N) is 1. The van der Waals surface area contributed by atoms with Crippen molar-refractivity contribution in [2.24, 2.45) is 10.7 Å². The normalized spacial score (nSPS) is 17.0. The molecule has 0 saturated heterocycles. The summed E-state index contributed by atoms with van der Waals surface area (Å²) < 4.78 is 0. The van der Waals surface area contributed by atoms with Gasteiger partial charge in [-0.25, -0.2) is 4.99 Å². The van der Waals surface area contributed by atoms with Crippen LogP contribution >= 0.6 is 11.6 Å². The Morgan fingerprint density at radius 1 is 1.25 bits per heavy atom. The third kappa shape index (κ3) is 4.73. The highest BCUT2D eigenvalue weighted by Crippen LogP contribution is 2.33. The minimum atomic E-state index is -0.308. The number of guanidine groups is 1. The van der Waals surface area contributed by atoms with Gasteiger partial charge in [-0.15, -0.1) is 0 Å². The lowest BCUT2D eigenvalue weighted by Crippen LogP contribution is -2.51. The molecule has 0 aliphatic carbocycles. The number of nitrogens with zero attached hydrogens (tertiary/aromatic N) is 2. The molecule has 0 radical (unpaired) electrons. The number of amides is 1. The van der Waals surface area contributed by atoms with Gasteiger partial charge in [0.05, 0.1) is 18.5 Å². The average Bonchev–Trinajstić information content (AvgIpc) is 2.55. The summed E-state index contributed by atoms with van der Waals surface area (Å²) in [5.41, 5.74) is 6.85. The number of hydrogen-bond acceptors (Lipinski definition) is 3. The van der Waals surface area contributed by atoms with E-state index < -0.39 is 0 Å². The van der Waals surface area contributed by atoms with Crippen LogP contribution in [0.15, 0.2) is 29.3 Å². The van der Waals surface area contributed by atoms with Gasteiger partial charge in [0.25, 0.3) is 0 Å². The SMILES string of the molecule is CCCCC1(CCCC)CC(=O)N(Cc2cccc(Cl)c2)C(N)=N1.